The van der Waals surface area contributed by atoms with Gasteiger partial charge in [-0.2, -0.15) is 0 Å². The third-order valence-electron chi connectivity index (χ3n) is 4.47. The number of benzene rings is 2. The summed E-state index contributed by atoms with van der Waals surface area (Å²) in [5, 5.41) is 5.17. The zero-order chi connectivity index (χ0) is 21.5. The summed E-state index contributed by atoms with van der Waals surface area (Å²) in [7, 11) is 1.48. The van der Waals surface area contributed by atoms with Gasteiger partial charge in [-0.3, -0.25) is 14.9 Å². The summed E-state index contributed by atoms with van der Waals surface area (Å²) in [4.78, 5) is 28.2. The number of amides is 1. The number of carbonyl (C=O) groups excluding carboxylic acids is 2. The number of anilines is 1. The normalized spacial score (nSPS) is 10.5. The molecule has 6 nitrogen and oxygen atoms in total. The lowest BCUT2D eigenvalue weighted by atomic mass is 10.1. The van der Waals surface area contributed by atoms with Gasteiger partial charge < -0.3 is 9.47 Å². The van der Waals surface area contributed by atoms with Crippen LogP contribution in [0.15, 0.2) is 47.8 Å². The minimum atomic E-state index is -0.327. The predicted octanol–water partition coefficient (Wildman–Crippen LogP) is 4.99. The molecule has 0 fully saturated rings. The van der Waals surface area contributed by atoms with Gasteiger partial charge in [-0.25, -0.2) is 4.98 Å². The summed E-state index contributed by atoms with van der Waals surface area (Å²) in [6.07, 6.45) is 2.17. The fourth-order valence-corrected chi connectivity index (χ4v) is 3.63. The summed E-state index contributed by atoms with van der Waals surface area (Å²) < 4.78 is 10.8. The van der Waals surface area contributed by atoms with E-state index in [1.54, 1.807) is 18.2 Å². The number of carbonyl (C=O) groups is 2. The van der Waals surface area contributed by atoms with E-state index in [1.807, 2.05) is 17.5 Å². The molecule has 0 aliphatic carbocycles. The fraction of sp³-hybridized carbons (Fsp3) is 0.261. The molecule has 0 bridgehead atoms. The van der Waals surface area contributed by atoms with Gasteiger partial charge in [-0.1, -0.05) is 37.6 Å². The highest BCUT2D eigenvalue weighted by atomic mass is 32.1. The second kappa shape index (κ2) is 10.0. The highest BCUT2D eigenvalue weighted by molar-refractivity contribution is 7.14. The van der Waals surface area contributed by atoms with Crippen LogP contribution in [0.4, 0.5) is 5.13 Å². The number of ketones is 1. The van der Waals surface area contributed by atoms with E-state index in [4.69, 9.17) is 9.47 Å². The Morgan fingerprint density at radius 1 is 1.10 bits per heavy atom. The maximum absolute atomic E-state index is 12.3. The Balaban J connectivity index is 1.59. The zero-order valence-corrected chi connectivity index (χ0v) is 18.0. The first-order valence-electron chi connectivity index (χ1n) is 9.66. The number of rotatable bonds is 9. The predicted molar refractivity (Wildman–Crippen MR) is 119 cm³/mol. The first-order chi connectivity index (χ1) is 14.5. The Labute approximate surface area is 179 Å². The van der Waals surface area contributed by atoms with Crippen LogP contribution in [0, 0.1) is 0 Å². The number of thiazole rings is 1. The lowest BCUT2D eigenvalue weighted by Gasteiger charge is -2.11. The van der Waals surface area contributed by atoms with Crippen LogP contribution in [0.2, 0.25) is 0 Å². The van der Waals surface area contributed by atoms with Gasteiger partial charge in [0.05, 0.1) is 12.8 Å². The second-order valence-electron chi connectivity index (χ2n) is 6.74. The molecular formula is C23H24N2O4S. The molecule has 1 aromatic heterocycles. The number of ether oxygens (including phenoxy) is 2. The van der Waals surface area contributed by atoms with Gasteiger partial charge in [0.15, 0.2) is 29.0 Å². The second-order valence-corrected chi connectivity index (χ2v) is 7.60. The third kappa shape index (κ3) is 5.45. The van der Waals surface area contributed by atoms with Crippen LogP contribution < -0.4 is 14.8 Å². The van der Waals surface area contributed by atoms with Crippen molar-refractivity contribution in [1.82, 2.24) is 4.98 Å². The Morgan fingerprint density at radius 2 is 1.87 bits per heavy atom. The Kier molecular flexibility index (Phi) is 7.19. The number of Topliss-reactive ketones (excluding diaryl/α,β-unsaturated/α-hetero) is 1. The van der Waals surface area contributed by atoms with Crippen molar-refractivity contribution >= 4 is 28.2 Å². The summed E-state index contributed by atoms with van der Waals surface area (Å²) in [6.45, 7) is 3.44. The van der Waals surface area contributed by atoms with Crippen LogP contribution in [0.5, 0.6) is 11.5 Å². The van der Waals surface area contributed by atoms with Gasteiger partial charge in [0.1, 0.15) is 0 Å². The van der Waals surface area contributed by atoms with Gasteiger partial charge in [0.2, 0.25) is 0 Å². The van der Waals surface area contributed by atoms with Crippen molar-refractivity contribution in [2.45, 2.75) is 26.7 Å². The number of nitrogens with zero attached hydrogens (tertiary/aromatic N) is 1. The van der Waals surface area contributed by atoms with Crippen LogP contribution >= 0.6 is 11.3 Å². The summed E-state index contributed by atoms with van der Waals surface area (Å²) in [5.74, 6) is 0.396. The first-order valence-corrected chi connectivity index (χ1v) is 10.5. The van der Waals surface area contributed by atoms with Crippen LogP contribution in [0.1, 0.15) is 36.2 Å². The molecule has 30 heavy (non-hydrogen) atoms. The average molecular weight is 425 g/mol. The number of aromatic nitrogens is 1. The fourth-order valence-electron chi connectivity index (χ4n) is 2.90. The molecule has 0 aliphatic rings. The van der Waals surface area contributed by atoms with Crippen LogP contribution in [-0.2, 0) is 11.2 Å². The van der Waals surface area contributed by atoms with Crippen molar-refractivity contribution in [2.75, 3.05) is 19.0 Å². The molecule has 0 saturated heterocycles. The van der Waals surface area contributed by atoms with Gasteiger partial charge in [-0.15, -0.1) is 11.3 Å². The highest BCUT2D eigenvalue weighted by Crippen LogP contribution is 2.29. The van der Waals surface area contributed by atoms with Crippen LogP contribution in [0.3, 0.4) is 0 Å². The zero-order valence-electron chi connectivity index (χ0n) is 17.2. The number of nitrogens with one attached hydrogen (secondary N) is 1. The van der Waals surface area contributed by atoms with E-state index in [0.29, 0.717) is 22.2 Å². The van der Waals surface area contributed by atoms with Gasteiger partial charge in [-0.05, 0) is 37.1 Å². The molecule has 0 spiro atoms. The molecule has 1 heterocycles. The van der Waals surface area contributed by atoms with Gasteiger partial charge in [0.25, 0.3) is 5.91 Å². The van der Waals surface area contributed by atoms with E-state index < -0.39 is 0 Å². The smallest absolute Gasteiger partial charge is 0.264 e. The molecule has 2 aromatic carbocycles. The molecule has 0 atom stereocenters. The topological polar surface area (TPSA) is 77.5 Å². The Hall–Kier alpha value is -3.19. The standard InChI is InChI=1S/C23H24N2O4S/c1-4-5-16-6-8-17(9-7-16)19-14-30-23(24-19)25-22(27)13-29-20-11-10-18(15(2)26)12-21(20)28-3/h6-12,14H,4-5,13H2,1-3H3,(H,24,25,27). The molecule has 0 saturated carbocycles. The highest BCUT2D eigenvalue weighted by Gasteiger charge is 2.12. The van der Waals surface area contributed by atoms with Crippen molar-refractivity contribution in [3.63, 3.8) is 0 Å². The lowest BCUT2D eigenvalue weighted by molar-refractivity contribution is -0.118. The third-order valence-corrected chi connectivity index (χ3v) is 5.23. The molecule has 3 rings (SSSR count). The summed E-state index contributed by atoms with van der Waals surface area (Å²) >= 11 is 1.36. The van der Waals surface area contributed by atoms with E-state index in [1.165, 1.54) is 30.9 Å². The summed E-state index contributed by atoms with van der Waals surface area (Å²) in [5.41, 5.74) is 3.65. The van der Waals surface area contributed by atoms with E-state index in [-0.39, 0.29) is 18.3 Å². The Morgan fingerprint density at radius 3 is 2.53 bits per heavy atom. The molecule has 3 aromatic rings. The minimum absolute atomic E-state index is 0.0721. The monoisotopic (exact) mass is 424 g/mol. The molecule has 0 radical (unpaired) electrons. The van der Waals surface area contributed by atoms with E-state index in [0.717, 1.165) is 24.1 Å². The number of aryl methyl sites for hydroxylation is 1. The van der Waals surface area contributed by atoms with Gasteiger partial charge >= 0.3 is 0 Å². The molecule has 1 N–H and O–H groups in total. The van der Waals surface area contributed by atoms with E-state index in [9.17, 15) is 9.59 Å². The number of hydrogen-bond acceptors (Lipinski definition) is 6. The van der Waals surface area contributed by atoms with Crippen LogP contribution in [0.25, 0.3) is 11.3 Å². The average Bonchev–Trinajstić information content (AvgIpc) is 3.21. The van der Waals surface area contributed by atoms with Crippen molar-refractivity contribution in [1.29, 1.82) is 0 Å². The number of hydrogen-bond donors (Lipinski definition) is 1. The Bertz CT molecular complexity index is 1030. The maximum atomic E-state index is 12.3. The molecule has 1 amide bonds. The molecule has 156 valence electrons. The quantitative estimate of drug-likeness (QED) is 0.490. The summed E-state index contributed by atoms with van der Waals surface area (Å²) in [6, 6.07) is 13.2. The van der Waals surface area contributed by atoms with E-state index >= 15 is 0 Å². The lowest BCUT2D eigenvalue weighted by Crippen LogP contribution is -2.20. The largest absolute Gasteiger partial charge is 0.493 e. The maximum Gasteiger partial charge on any atom is 0.264 e. The molecule has 7 heteroatoms. The van der Waals surface area contributed by atoms with Crippen molar-refractivity contribution in [2.24, 2.45) is 0 Å². The number of methoxy groups -OCH3 is 1. The van der Waals surface area contributed by atoms with Crippen molar-refractivity contribution in [3.05, 3.63) is 59.0 Å². The van der Waals surface area contributed by atoms with Crippen molar-refractivity contribution < 1.29 is 19.1 Å². The molecule has 0 aliphatic heterocycles. The first kappa shape index (κ1) is 21.5. The van der Waals surface area contributed by atoms with Crippen molar-refractivity contribution in [3.8, 4) is 22.8 Å². The van der Waals surface area contributed by atoms with Gasteiger partial charge in [0, 0.05) is 16.5 Å². The minimum Gasteiger partial charge on any atom is -0.493 e. The van der Waals surface area contributed by atoms with Crippen LogP contribution in [-0.4, -0.2) is 30.4 Å². The van der Waals surface area contributed by atoms with E-state index in [2.05, 4.69) is 29.4 Å². The molecular weight excluding hydrogens is 400 g/mol. The SMILES string of the molecule is CCCc1ccc(-c2csc(NC(=O)COc3ccc(C(C)=O)cc3OC)n2)cc1. The molecule has 0 unspecified atom stereocenters.